The minimum Gasteiger partial charge on any atom is -0.355 e. The van der Waals surface area contributed by atoms with Crippen molar-refractivity contribution in [1.82, 2.24) is 0 Å². The molecule has 2 aliphatic rings. The van der Waals surface area contributed by atoms with Crippen LogP contribution in [0, 0.1) is 0 Å². The van der Waals surface area contributed by atoms with Gasteiger partial charge in [-0.3, -0.25) is 0 Å². The Labute approximate surface area is 341 Å². The van der Waals surface area contributed by atoms with Gasteiger partial charge in [-0.2, -0.15) is 0 Å². The average molecular weight is 744 g/mol. The number of hydrogen-bond donors (Lipinski definition) is 1. The van der Waals surface area contributed by atoms with Gasteiger partial charge in [0.2, 0.25) is 0 Å². The van der Waals surface area contributed by atoms with E-state index in [1.54, 1.807) is 0 Å². The Kier molecular flexibility index (Phi) is 7.85. The van der Waals surface area contributed by atoms with Crippen molar-refractivity contribution in [3.63, 3.8) is 0 Å². The third-order valence-electron chi connectivity index (χ3n) is 13.0. The summed E-state index contributed by atoms with van der Waals surface area (Å²) in [5.41, 5.74) is 20.3. The molecule has 0 amide bonds. The van der Waals surface area contributed by atoms with Crippen molar-refractivity contribution in [3.8, 4) is 44.5 Å². The smallest absolute Gasteiger partial charge is 0.0726 e. The van der Waals surface area contributed by atoms with Gasteiger partial charge in [0.25, 0.3) is 0 Å². The molecule has 0 fully saturated rings. The normalized spacial score (nSPS) is 13.3. The van der Waals surface area contributed by atoms with Crippen molar-refractivity contribution in [3.05, 3.63) is 215 Å². The maximum absolute atomic E-state index is 3.90. The number of fused-ring (bicyclic) bond motifs is 12. The summed E-state index contributed by atoms with van der Waals surface area (Å²) >= 11 is 0. The first-order chi connectivity index (χ1) is 28.4. The van der Waals surface area contributed by atoms with Crippen LogP contribution in [0.2, 0.25) is 0 Å². The fraction of sp³-hybridized carbons (Fsp3) is 0.123. The first-order valence-corrected chi connectivity index (χ1v) is 20.8. The lowest BCUT2D eigenvalue weighted by atomic mass is 9.69. The zero-order valence-corrected chi connectivity index (χ0v) is 33.5. The second kappa shape index (κ2) is 13.2. The number of anilines is 2. The molecule has 0 radical (unpaired) electrons. The van der Waals surface area contributed by atoms with Gasteiger partial charge < -0.3 is 5.32 Å². The summed E-state index contributed by atoms with van der Waals surface area (Å²) in [5, 5.41) is 8.93. The third kappa shape index (κ3) is 5.23. The Bertz CT molecular complexity index is 3030. The van der Waals surface area contributed by atoms with Crippen LogP contribution in [0.25, 0.3) is 66.1 Å². The van der Waals surface area contributed by atoms with E-state index in [-0.39, 0.29) is 5.41 Å². The van der Waals surface area contributed by atoms with Crippen molar-refractivity contribution < 1.29 is 0 Å². The van der Waals surface area contributed by atoms with Crippen LogP contribution in [0.1, 0.15) is 72.9 Å². The molecule has 11 rings (SSSR count). The molecule has 0 saturated heterocycles. The minimum atomic E-state index is -0.389. The molecule has 0 aliphatic heterocycles. The zero-order chi connectivity index (χ0) is 39.1. The van der Waals surface area contributed by atoms with Gasteiger partial charge in [-0.05, 0) is 142 Å². The van der Waals surface area contributed by atoms with Crippen molar-refractivity contribution in [1.29, 1.82) is 0 Å². The molecule has 0 atom stereocenters. The van der Waals surface area contributed by atoms with E-state index >= 15 is 0 Å². The standard InChI is InChI=1S/C57H45N/c1-35(2)39-24-28-48-49-29-25-40(36(3)4)34-54(49)57(53(48)33-39)51-13-8-7-12-50(51)56-52(57)14-9-15-55(56)58-47-26-22-38(23-27-47)42-18-19-45-32-46(21-20-44(45)31-42)43-17-16-37-10-5-6-11-41(37)30-43/h5-36,58H,1-4H3. The molecular formula is C57H45N. The molecule has 0 saturated carbocycles. The lowest BCUT2D eigenvalue weighted by molar-refractivity contribution is 0.777. The Morgan fingerprint density at radius 3 is 1.48 bits per heavy atom. The lowest BCUT2D eigenvalue weighted by Gasteiger charge is -2.31. The molecule has 2 aliphatic carbocycles. The molecule has 9 aromatic carbocycles. The molecule has 1 nitrogen and oxygen atoms in total. The molecular weight excluding hydrogens is 699 g/mol. The summed E-state index contributed by atoms with van der Waals surface area (Å²) in [6, 6.07) is 68.4. The minimum absolute atomic E-state index is 0.389. The first kappa shape index (κ1) is 34.5. The Morgan fingerprint density at radius 2 is 0.862 bits per heavy atom. The monoisotopic (exact) mass is 743 g/mol. The van der Waals surface area contributed by atoms with Gasteiger partial charge >= 0.3 is 0 Å². The predicted molar refractivity (Wildman–Crippen MR) is 247 cm³/mol. The third-order valence-corrected chi connectivity index (χ3v) is 13.0. The van der Waals surface area contributed by atoms with Gasteiger partial charge in [0, 0.05) is 16.9 Å². The second-order valence-electron chi connectivity index (χ2n) is 17.0. The Balaban J connectivity index is 0.958. The van der Waals surface area contributed by atoms with Gasteiger partial charge in [-0.25, -0.2) is 0 Å². The Morgan fingerprint density at radius 1 is 0.362 bits per heavy atom. The maximum atomic E-state index is 3.90. The van der Waals surface area contributed by atoms with Crippen molar-refractivity contribution in [2.75, 3.05) is 5.32 Å². The van der Waals surface area contributed by atoms with Crippen molar-refractivity contribution >= 4 is 32.9 Å². The lowest BCUT2D eigenvalue weighted by Crippen LogP contribution is -2.26. The molecule has 0 heterocycles. The van der Waals surface area contributed by atoms with Crippen LogP contribution in [0.3, 0.4) is 0 Å². The quantitative estimate of drug-likeness (QED) is 0.179. The molecule has 0 bridgehead atoms. The SMILES string of the molecule is CC(C)c1ccc2c(c1)C1(c3cc(C(C)C)ccc3-2)c2ccccc2-c2c(Nc3ccc(-c4ccc5cc(-c6ccc7ccccc7c6)ccc5c4)cc3)cccc21. The summed E-state index contributed by atoms with van der Waals surface area (Å²) in [4.78, 5) is 0. The van der Waals surface area contributed by atoms with E-state index in [2.05, 4.69) is 215 Å². The van der Waals surface area contributed by atoms with Crippen LogP contribution >= 0.6 is 0 Å². The van der Waals surface area contributed by atoms with E-state index in [1.165, 1.54) is 99.4 Å². The summed E-state index contributed by atoms with van der Waals surface area (Å²) in [6.07, 6.45) is 0. The van der Waals surface area contributed by atoms with Gasteiger partial charge in [0.05, 0.1) is 5.41 Å². The fourth-order valence-corrected chi connectivity index (χ4v) is 9.97. The van der Waals surface area contributed by atoms with Crippen LogP contribution in [-0.2, 0) is 5.41 Å². The van der Waals surface area contributed by atoms with Crippen LogP contribution in [0.15, 0.2) is 182 Å². The van der Waals surface area contributed by atoms with Crippen LogP contribution in [-0.4, -0.2) is 0 Å². The maximum Gasteiger partial charge on any atom is 0.0726 e. The topological polar surface area (TPSA) is 12.0 Å². The van der Waals surface area contributed by atoms with Crippen LogP contribution < -0.4 is 5.32 Å². The van der Waals surface area contributed by atoms with E-state index < -0.39 is 0 Å². The first-order valence-electron chi connectivity index (χ1n) is 20.8. The Hall–Kier alpha value is -6.70. The molecule has 0 unspecified atom stereocenters. The predicted octanol–water partition coefficient (Wildman–Crippen LogP) is 15.7. The van der Waals surface area contributed by atoms with E-state index in [4.69, 9.17) is 0 Å². The highest BCUT2D eigenvalue weighted by Crippen LogP contribution is 2.64. The summed E-state index contributed by atoms with van der Waals surface area (Å²) < 4.78 is 0. The molecule has 58 heavy (non-hydrogen) atoms. The number of nitrogens with one attached hydrogen (secondary N) is 1. The summed E-state index contributed by atoms with van der Waals surface area (Å²) in [6.45, 7) is 9.22. The van der Waals surface area contributed by atoms with Crippen molar-refractivity contribution in [2.24, 2.45) is 0 Å². The van der Waals surface area contributed by atoms with Crippen molar-refractivity contribution in [2.45, 2.75) is 44.9 Å². The number of benzene rings is 9. The summed E-state index contributed by atoms with van der Waals surface area (Å²) in [5.74, 6) is 0.876. The van der Waals surface area contributed by atoms with Crippen LogP contribution in [0.4, 0.5) is 11.4 Å². The molecule has 1 spiro atoms. The highest BCUT2D eigenvalue weighted by molar-refractivity contribution is 6.00. The highest BCUT2D eigenvalue weighted by atomic mass is 14.9. The largest absolute Gasteiger partial charge is 0.355 e. The average Bonchev–Trinajstić information content (AvgIpc) is 3.73. The van der Waals surface area contributed by atoms with Gasteiger partial charge in [0.15, 0.2) is 0 Å². The number of rotatable bonds is 6. The molecule has 0 aromatic heterocycles. The molecule has 278 valence electrons. The zero-order valence-electron chi connectivity index (χ0n) is 33.5. The van der Waals surface area contributed by atoms with Crippen LogP contribution in [0.5, 0.6) is 0 Å². The molecule has 9 aromatic rings. The number of hydrogen-bond acceptors (Lipinski definition) is 1. The van der Waals surface area contributed by atoms with E-state index in [1.807, 2.05) is 0 Å². The van der Waals surface area contributed by atoms with E-state index in [0.717, 1.165) is 11.4 Å². The van der Waals surface area contributed by atoms with Gasteiger partial charge in [-0.1, -0.05) is 173 Å². The molecule has 1 N–H and O–H groups in total. The molecule has 1 heteroatoms. The summed E-state index contributed by atoms with van der Waals surface area (Å²) in [7, 11) is 0. The van der Waals surface area contributed by atoms with E-state index in [9.17, 15) is 0 Å². The van der Waals surface area contributed by atoms with Gasteiger partial charge in [0.1, 0.15) is 0 Å². The van der Waals surface area contributed by atoms with E-state index in [0.29, 0.717) is 11.8 Å². The second-order valence-corrected chi connectivity index (χ2v) is 17.0. The van der Waals surface area contributed by atoms with Gasteiger partial charge in [-0.15, -0.1) is 0 Å². The highest BCUT2D eigenvalue weighted by Gasteiger charge is 2.52. The fourth-order valence-electron chi connectivity index (χ4n) is 9.97.